The van der Waals surface area contributed by atoms with Crippen LogP contribution in [-0.4, -0.2) is 58.2 Å². The van der Waals surface area contributed by atoms with Gasteiger partial charge in [0.1, 0.15) is 22.9 Å². The van der Waals surface area contributed by atoms with Gasteiger partial charge in [0.25, 0.3) is 5.91 Å². The molecule has 0 saturated heterocycles. The number of phenolic OH excluding ortho intramolecular Hbond substituents is 1. The highest BCUT2D eigenvalue weighted by Gasteiger charge is 2.17. The Bertz CT molecular complexity index is 1390. The number of ether oxygens (including phenoxy) is 1. The number of pyridine rings is 2. The quantitative estimate of drug-likeness (QED) is 0.180. The molecule has 11 heteroatoms. The number of aromatic hydroxyl groups is 1. The number of phenols is 1. The summed E-state index contributed by atoms with van der Waals surface area (Å²) in [5.41, 5.74) is 10.3. The molecule has 0 bridgehead atoms. The predicted octanol–water partition coefficient (Wildman–Crippen LogP) is 4.59. The topological polar surface area (TPSA) is 169 Å². The highest BCUT2D eigenvalue weighted by Crippen LogP contribution is 2.36. The van der Waals surface area contributed by atoms with Crippen molar-refractivity contribution >= 4 is 23.7 Å². The Kier molecular flexibility index (Phi) is 11.9. The van der Waals surface area contributed by atoms with Crippen molar-refractivity contribution in [3.8, 4) is 28.0 Å². The van der Waals surface area contributed by atoms with E-state index in [4.69, 9.17) is 10.5 Å². The van der Waals surface area contributed by atoms with Gasteiger partial charge in [-0.2, -0.15) is 0 Å². The van der Waals surface area contributed by atoms with Crippen molar-refractivity contribution in [1.29, 1.82) is 0 Å². The number of nitrogens with zero attached hydrogens (tertiary/aromatic N) is 2. The van der Waals surface area contributed by atoms with Crippen LogP contribution in [0.4, 0.5) is 10.6 Å². The van der Waals surface area contributed by atoms with Crippen molar-refractivity contribution in [3.63, 3.8) is 0 Å². The number of amides is 3. The number of rotatable bonds is 13. The third-order valence-corrected chi connectivity index (χ3v) is 6.49. The van der Waals surface area contributed by atoms with Crippen LogP contribution in [0, 0.1) is 0 Å². The van der Waals surface area contributed by atoms with Crippen LogP contribution in [0.5, 0.6) is 5.75 Å². The first-order valence-corrected chi connectivity index (χ1v) is 14.5. The number of benzene rings is 1. The lowest BCUT2D eigenvalue weighted by molar-refractivity contribution is -0.121. The second kappa shape index (κ2) is 15.5. The number of nitrogens with one attached hydrogen (secondary N) is 3. The first kappa shape index (κ1) is 32.8. The monoisotopic (exact) mass is 590 g/mol. The van der Waals surface area contributed by atoms with Gasteiger partial charge < -0.3 is 31.5 Å². The van der Waals surface area contributed by atoms with Crippen LogP contribution < -0.4 is 21.7 Å². The number of hydrogen-bond donors (Lipinski definition) is 5. The molecule has 0 radical (unpaired) electrons. The number of hydrogen-bond acceptors (Lipinski definition) is 8. The molecule has 0 spiro atoms. The lowest BCUT2D eigenvalue weighted by atomic mass is 9.92. The fraction of sp³-hybridized carbons (Fsp3) is 0.406. The number of carbonyl (C=O) groups excluding carboxylic acids is 3. The fourth-order valence-corrected chi connectivity index (χ4v) is 4.43. The maximum absolute atomic E-state index is 12.6. The van der Waals surface area contributed by atoms with Crippen molar-refractivity contribution in [1.82, 2.24) is 25.9 Å². The Labute approximate surface area is 252 Å². The summed E-state index contributed by atoms with van der Waals surface area (Å²) in [5.74, 6) is 0.203. The zero-order chi connectivity index (χ0) is 31.4. The molecule has 3 amide bonds. The Morgan fingerprint density at radius 1 is 0.860 bits per heavy atom. The van der Waals surface area contributed by atoms with Gasteiger partial charge in [0.05, 0.1) is 0 Å². The van der Waals surface area contributed by atoms with Crippen LogP contribution in [0.1, 0.15) is 69.4 Å². The molecule has 3 rings (SSSR count). The highest BCUT2D eigenvalue weighted by molar-refractivity contribution is 5.93. The minimum absolute atomic E-state index is 0.0713. The number of aromatic nitrogens is 2. The van der Waals surface area contributed by atoms with E-state index in [0.29, 0.717) is 57.6 Å². The molecule has 0 saturated carbocycles. The molecule has 3 aromatic rings. The summed E-state index contributed by atoms with van der Waals surface area (Å²) in [4.78, 5) is 45.0. The van der Waals surface area contributed by atoms with Crippen LogP contribution >= 0.6 is 0 Å². The molecule has 11 nitrogen and oxygen atoms in total. The van der Waals surface area contributed by atoms with E-state index in [1.54, 1.807) is 63.5 Å². The van der Waals surface area contributed by atoms with Gasteiger partial charge in [0, 0.05) is 55.1 Å². The third-order valence-electron chi connectivity index (χ3n) is 6.49. The Balaban J connectivity index is 1.42. The average molecular weight is 591 g/mol. The van der Waals surface area contributed by atoms with Crippen molar-refractivity contribution < 1.29 is 24.2 Å². The van der Waals surface area contributed by atoms with Gasteiger partial charge >= 0.3 is 6.09 Å². The molecule has 0 aliphatic rings. The van der Waals surface area contributed by atoms with Crippen LogP contribution in [0.25, 0.3) is 22.3 Å². The van der Waals surface area contributed by atoms with Crippen molar-refractivity contribution in [2.45, 2.75) is 65.4 Å². The number of anilines is 1. The number of alkyl carbamates (subject to hydrolysis) is 1. The smallest absolute Gasteiger partial charge is 0.407 e. The van der Waals surface area contributed by atoms with Gasteiger partial charge in [-0.05, 0) is 75.8 Å². The van der Waals surface area contributed by atoms with Crippen molar-refractivity contribution in [3.05, 3.63) is 60.0 Å². The second-order valence-electron chi connectivity index (χ2n) is 11.1. The summed E-state index contributed by atoms with van der Waals surface area (Å²) in [6, 6.07) is 10.3. The summed E-state index contributed by atoms with van der Waals surface area (Å²) in [6.07, 6.45) is 5.84. The van der Waals surface area contributed by atoms with Crippen LogP contribution in [0.3, 0.4) is 0 Å². The number of nitrogen functional groups attached to an aromatic ring is 1. The van der Waals surface area contributed by atoms with Gasteiger partial charge in [-0.1, -0.05) is 25.1 Å². The van der Waals surface area contributed by atoms with Crippen LogP contribution in [0.2, 0.25) is 0 Å². The number of nitrogens with two attached hydrogens (primary N) is 1. The summed E-state index contributed by atoms with van der Waals surface area (Å²) in [6.45, 7) is 8.71. The summed E-state index contributed by atoms with van der Waals surface area (Å²) in [5, 5.41) is 18.0. The van der Waals surface area contributed by atoms with E-state index >= 15 is 0 Å². The molecule has 43 heavy (non-hydrogen) atoms. The first-order valence-electron chi connectivity index (χ1n) is 14.5. The van der Waals surface area contributed by atoms with E-state index in [0.717, 1.165) is 27.8 Å². The molecule has 0 aliphatic carbocycles. The molecular formula is C32H42N6O5. The van der Waals surface area contributed by atoms with Gasteiger partial charge in [-0.3, -0.25) is 14.6 Å². The normalized spacial score (nSPS) is 11.1. The summed E-state index contributed by atoms with van der Waals surface area (Å²) >= 11 is 0. The van der Waals surface area contributed by atoms with Crippen molar-refractivity contribution in [2.75, 3.05) is 25.4 Å². The van der Waals surface area contributed by atoms with Gasteiger partial charge in [-0.15, -0.1) is 0 Å². The third kappa shape index (κ3) is 10.3. The molecule has 6 N–H and O–H groups in total. The van der Waals surface area contributed by atoms with E-state index in [1.165, 1.54) is 0 Å². The Hall–Kier alpha value is -4.67. The maximum atomic E-state index is 12.6. The van der Waals surface area contributed by atoms with Crippen LogP contribution in [0.15, 0.2) is 48.8 Å². The van der Waals surface area contributed by atoms with Gasteiger partial charge in [0.15, 0.2) is 0 Å². The fourth-order valence-electron chi connectivity index (χ4n) is 4.43. The Morgan fingerprint density at radius 2 is 1.53 bits per heavy atom. The standard InChI is InChI=1S/C32H42N6O5/c1-5-24-25(20-38-29(33)28(24)21-10-13-23(39)14-11-21)22-12-15-26(37-19-22)30(41)35-18-8-17-34-27(40)9-6-7-16-36-31(42)43-32(2,3)4/h10-15,19-20,39H,5-9,16-18H2,1-4H3,(H2,33,38)(H,34,40)(H,35,41)(H,36,42). The van der Waals surface area contributed by atoms with Crippen LogP contribution in [-0.2, 0) is 16.0 Å². The maximum Gasteiger partial charge on any atom is 0.407 e. The van der Waals surface area contributed by atoms with Crippen molar-refractivity contribution in [2.24, 2.45) is 0 Å². The molecule has 0 fully saturated rings. The molecule has 230 valence electrons. The van der Waals surface area contributed by atoms with E-state index in [2.05, 4.69) is 25.9 Å². The molecule has 2 heterocycles. The van der Waals surface area contributed by atoms with E-state index in [1.807, 2.05) is 13.0 Å². The zero-order valence-corrected chi connectivity index (χ0v) is 25.3. The minimum atomic E-state index is -0.541. The highest BCUT2D eigenvalue weighted by atomic mass is 16.6. The van der Waals surface area contributed by atoms with Gasteiger partial charge in [0.2, 0.25) is 5.91 Å². The molecule has 0 unspecified atom stereocenters. The predicted molar refractivity (Wildman–Crippen MR) is 166 cm³/mol. The largest absolute Gasteiger partial charge is 0.508 e. The number of carbonyl (C=O) groups is 3. The SMILES string of the molecule is CCc1c(-c2ccc(C(=O)NCCCNC(=O)CCCCNC(=O)OC(C)(C)C)nc2)cnc(N)c1-c1ccc(O)cc1. The van der Waals surface area contributed by atoms with E-state index < -0.39 is 11.7 Å². The van der Waals surface area contributed by atoms with Gasteiger partial charge in [-0.25, -0.2) is 9.78 Å². The lowest BCUT2D eigenvalue weighted by Crippen LogP contribution is -2.33. The minimum Gasteiger partial charge on any atom is -0.508 e. The molecule has 0 atom stereocenters. The molecular weight excluding hydrogens is 548 g/mol. The molecule has 0 aliphatic heterocycles. The zero-order valence-electron chi connectivity index (χ0n) is 25.3. The number of unbranched alkanes of at least 4 members (excludes halogenated alkanes) is 1. The Morgan fingerprint density at radius 3 is 2.19 bits per heavy atom. The first-order chi connectivity index (χ1) is 20.5. The summed E-state index contributed by atoms with van der Waals surface area (Å²) < 4.78 is 5.17. The average Bonchev–Trinajstić information content (AvgIpc) is 2.96. The van der Waals surface area contributed by atoms with E-state index in [-0.39, 0.29) is 23.3 Å². The molecule has 2 aromatic heterocycles. The lowest BCUT2D eigenvalue weighted by Gasteiger charge is -2.19. The van der Waals surface area contributed by atoms with E-state index in [9.17, 15) is 19.5 Å². The second-order valence-corrected chi connectivity index (χ2v) is 11.1. The summed E-state index contributed by atoms with van der Waals surface area (Å²) in [7, 11) is 0. The molecule has 1 aromatic carbocycles.